The van der Waals surface area contributed by atoms with Crippen LogP contribution < -0.4 is 9.80 Å². The molecule has 0 saturated carbocycles. The molecule has 0 radical (unpaired) electrons. The number of halogens is 5. The third kappa shape index (κ3) is 3.53. The Morgan fingerprint density at radius 1 is 1.29 bits per heavy atom. The van der Waals surface area contributed by atoms with Crippen LogP contribution in [-0.2, 0) is 6.18 Å². The molecule has 0 aliphatic carbocycles. The second kappa shape index (κ2) is 7.11. The van der Waals surface area contributed by atoms with Gasteiger partial charge in [-0.05, 0) is 47.1 Å². The van der Waals surface area contributed by atoms with Gasteiger partial charge in [-0.3, -0.25) is 0 Å². The first-order valence-corrected chi connectivity index (χ1v) is 9.79. The molecule has 2 aromatic heterocycles. The van der Waals surface area contributed by atoms with Gasteiger partial charge in [0.15, 0.2) is 0 Å². The van der Waals surface area contributed by atoms with Crippen molar-refractivity contribution in [2.75, 3.05) is 29.4 Å². The Morgan fingerprint density at radius 2 is 2.07 bits per heavy atom. The summed E-state index contributed by atoms with van der Waals surface area (Å²) in [7, 11) is 0. The summed E-state index contributed by atoms with van der Waals surface area (Å²) in [5.41, 5.74) is -0.190. The molecule has 148 valence electrons. The van der Waals surface area contributed by atoms with Crippen LogP contribution in [0.15, 0.2) is 34.9 Å². The molecule has 1 aliphatic rings. The first-order chi connectivity index (χ1) is 13.2. The minimum atomic E-state index is -4.47. The Labute approximate surface area is 172 Å². The van der Waals surface area contributed by atoms with Crippen LogP contribution >= 0.6 is 27.5 Å². The highest BCUT2D eigenvalue weighted by atomic mass is 79.9. The van der Waals surface area contributed by atoms with Crippen molar-refractivity contribution in [3.05, 3.63) is 45.5 Å². The molecule has 3 heterocycles. The Hall–Kier alpha value is -2.00. The van der Waals surface area contributed by atoms with Crippen LogP contribution in [0.4, 0.5) is 24.9 Å². The number of aromatic amines is 1. The molecule has 0 amide bonds. The van der Waals surface area contributed by atoms with Crippen molar-refractivity contribution in [1.82, 2.24) is 15.0 Å². The predicted octanol–water partition coefficient (Wildman–Crippen LogP) is 5.11. The number of rotatable bonds is 2. The van der Waals surface area contributed by atoms with Gasteiger partial charge in [0.1, 0.15) is 5.82 Å². The summed E-state index contributed by atoms with van der Waals surface area (Å²) in [5.74, 6) is 1.39. The fourth-order valence-corrected chi connectivity index (χ4v) is 4.20. The quantitative estimate of drug-likeness (QED) is 0.561. The van der Waals surface area contributed by atoms with Crippen LogP contribution in [0.5, 0.6) is 0 Å². The van der Waals surface area contributed by atoms with Crippen molar-refractivity contribution in [3.8, 4) is 0 Å². The molecule has 1 saturated heterocycles. The van der Waals surface area contributed by atoms with E-state index in [2.05, 4.69) is 35.8 Å². The second-order valence-corrected chi connectivity index (χ2v) is 7.97. The van der Waals surface area contributed by atoms with E-state index in [0.29, 0.717) is 31.1 Å². The van der Waals surface area contributed by atoms with E-state index in [1.165, 1.54) is 0 Å². The maximum absolute atomic E-state index is 13.0. The summed E-state index contributed by atoms with van der Waals surface area (Å²) in [6.45, 7) is 4.10. The maximum atomic E-state index is 13.0. The summed E-state index contributed by atoms with van der Waals surface area (Å²) in [5, 5.41) is 0.00674. The van der Waals surface area contributed by atoms with Gasteiger partial charge in [-0.15, -0.1) is 0 Å². The SMILES string of the molecule is CC1CN(c2ncccc2Br)CCN1c1nc2cc(C(F)(F)F)cc(Cl)c2[nH]1. The van der Waals surface area contributed by atoms with Crippen LogP contribution in [0.1, 0.15) is 12.5 Å². The lowest BCUT2D eigenvalue weighted by Gasteiger charge is -2.40. The monoisotopic (exact) mass is 473 g/mol. The minimum absolute atomic E-state index is 0.00674. The van der Waals surface area contributed by atoms with E-state index >= 15 is 0 Å². The second-order valence-electron chi connectivity index (χ2n) is 6.71. The number of anilines is 2. The van der Waals surface area contributed by atoms with Crippen LogP contribution in [0.2, 0.25) is 5.02 Å². The molecular weight excluding hydrogens is 459 g/mol. The molecule has 5 nitrogen and oxygen atoms in total. The van der Waals surface area contributed by atoms with E-state index in [0.717, 1.165) is 22.4 Å². The average Bonchev–Trinajstić information content (AvgIpc) is 3.06. The normalized spacial score (nSPS) is 18.1. The highest BCUT2D eigenvalue weighted by molar-refractivity contribution is 9.10. The number of nitrogens with zero attached hydrogens (tertiary/aromatic N) is 4. The van der Waals surface area contributed by atoms with Gasteiger partial charge in [0.25, 0.3) is 0 Å². The van der Waals surface area contributed by atoms with Crippen molar-refractivity contribution in [3.63, 3.8) is 0 Å². The Bertz CT molecular complexity index is 1020. The lowest BCUT2D eigenvalue weighted by atomic mass is 10.2. The summed E-state index contributed by atoms with van der Waals surface area (Å²) >= 11 is 9.59. The number of H-pyrrole nitrogens is 1. The fourth-order valence-electron chi connectivity index (χ4n) is 3.43. The Balaban J connectivity index is 1.61. The van der Waals surface area contributed by atoms with Crippen molar-refractivity contribution in [1.29, 1.82) is 0 Å². The summed E-state index contributed by atoms with van der Waals surface area (Å²) in [4.78, 5) is 16.1. The van der Waals surface area contributed by atoms with Crippen LogP contribution in [0.3, 0.4) is 0 Å². The molecule has 1 atom stereocenters. The number of benzene rings is 1. The zero-order valence-corrected chi connectivity index (χ0v) is 17.1. The summed E-state index contributed by atoms with van der Waals surface area (Å²) in [6.07, 6.45) is -2.72. The van der Waals surface area contributed by atoms with Gasteiger partial charge in [-0.25, -0.2) is 9.97 Å². The molecule has 0 spiro atoms. The van der Waals surface area contributed by atoms with Gasteiger partial charge in [-0.1, -0.05) is 11.6 Å². The number of fused-ring (bicyclic) bond motifs is 1. The topological polar surface area (TPSA) is 48.1 Å². The number of imidazole rings is 1. The molecule has 0 bridgehead atoms. The van der Waals surface area contributed by atoms with Crippen molar-refractivity contribution in [2.24, 2.45) is 0 Å². The van der Waals surface area contributed by atoms with Gasteiger partial charge in [0.05, 0.1) is 26.1 Å². The van der Waals surface area contributed by atoms with Crippen molar-refractivity contribution < 1.29 is 13.2 Å². The fraction of sp³-hybridized carbons (Fsp3) is 0.333. The van der Waals surface area contributed by atoms with Gasteiger partial charge >= 0.3 is 6.18 Å². The van der Waals surface area contributed by atoms with Crippen LogP contribution in [0, 0.1) is 0 Å². The third-order valence-electron chi connectivity index (χ3n) is 4.80. The number of pyridine rings is 1. The van der Waals surface area contributed by atoms with Gasteiger partial charge in [-0.2, -0.15) is 13.2 Å². The predicted molar refractivity (Wildman–Crippen MR) is 107 cm³/mol. The minimum Gasteiger partial charge on any atom is -0.352 e. The van der Waals surface area contributed by atoms with Crippen molar-refractivity contribution >= 4 is 50.3 Å². The summed E-state index contributed by atoms with van der Waals surface area (Å²) in [6, 6.07) is 5.82. The smallest absolute Gasteiger partial charge is 0.352 e. The number of hydrogen-bond acceptors (Lipinski definition) is 4. The van der Waals surface area contributed by atoms with Crippen LogP contribution in [-0.4, -0.2) is 40.6 Å². The molecule has 10 heteroatoms. The molecular formula is C18H16BrClF3N5. The number of piperazine rings is 1. The van der Waals surface area contributed by atoms with E-state index in [-0.39, 0.29) is 16.6 Å². The Morgan fingerprint density at radius 3 is 2.75 bits per heavy atom. The van der Waals surface area contributed by atoms with Gasteiger partial charge < -0.3 is 14.8 Å². The van der Waals surface area contributed by atoms with E-state index < -0.39 is 11.7 Å². The van der Waals surface area contributed by atoms with E-state index in [1.54, 1.807) is 6.20 Å². The summed E-state index contributed by atoms with van der Waals surface area (Å²) < 4.78 is 40.0. The highest BCUT2D eigenvalue weighted by Crippen LogP contribution is 2.35. The highest BCUT2D eigenvalue weighted by Gasteiger charge is 2.32. The third-order valence-corrected chi connectivity index (χ3v) is 5.72. The number of nitrogens with one attached hydrogen (secondary N) is 1. The molecule has 1 aromatic carbocycles. The Kier molecular flexibility index (Phi) is 4.91. The van der Waals surface area contributed by atoms with E-state index in [4.69, 9.17) is 11.6 Å². The number of alkyl halides is 3. The zero-order chi connectivity index (χ0) is 20.1. The maximum Gasteiger partial charge on any atom is 0.416 e. The van der Waals surface area contributed by atoms with Gasteiger partial charge in [0.2, 0.25) is 5.95 Å². The van der Waals surface area contributed by atoms with Crippen molar-refractivity contribution in [2.45, 2.75) is 19.1 Å². The van der Waals surface area contributed by atoms with Crippen LogP contribution in [0.25, 0.3) is 11.0 Å². The zero-order valence-electron chi connectivity index (χ0n) is 14.8. The van der Waals surface area contributed by atoms with E-state index in [9.17, 15) is 13.2 Å². The largest absolute Gasteiger partial charge is 0.416 e. The number of hydrogen-bond donors (Lipinski definition) is 1. The molecule has 1 unspecified atom stereocenters. The molecule has 3 aromatic rings. The van der Waals surface area contributed by atoms with Gasteiger partial charge in [0, 0.05) is 31.9 Å². The standard InChI is InChI=1S/C18H16BrClF3N5/c1-10-9-27(16-12(19)3-2-4-24-16)5-6-28(10)17-25-14-8-11(18(21,22)23)7-13(20)15(14)26-17/h2-4,7-8,10H,5-6,9H2,1H3,(H,25,26). The molecule has 1 N–H and O–H groups in total. The lowest BCUT2D eigenvalue weighted by Crippen LogP contribution is -2.52. The van der Waals surface area contributed by atoms with E-state index in [1.807, 2.05) is 24.0 Å². The number of aromatic nitrogens is 3. The molecule has 4 rings (SSSR count). The first kappa shape index (κ1) is 19.3. The lowest BCUT2D eigenvalue weighted by molar-refractivity contribution is -0.137. The first-order valence-electron chi connectivity index (χ1n) is 8.62. The molecule has 28 heavy (non-hydrogen) atoms. The molecule has 1 fully saturated rings. The molecule has 1 aliphatic heterocycles. The average molecular weight is 475 g/mol.